The summed E-state index contributed by atoms with van der Waals surface area (Å²) in [6.07, 6.45) is 4.71. The molecule has 1 fully saturated rings. The van der Waals surface area contributed by atoms with E-state index in [2.05, 4.69) is 32.1 Å². The lowest BCUT2D eigenvalue weighted by Gasteiger charge is -2.31. The van der Waals surface area contributed by atoms with Gasteiger partial charge in [-0.1, -0.05) is 24.1 Å². The van der Waals surface area contributed by atoms with E-state index in [1.54, 1.807) is 48.4 Å². The fraction of sp³-hybridized carbons (Fsp3) is 0.231. The fourth-order valence-corrected chi connectivity index (χ4v) is 4.38. The maximum Gasteiger partial charge on any atom is 0.298 e. The van der Waals surface area contributed by atoms with Gasteiger partial charge in [0.25, 0.3) is 11.8 Å². The number of hydrogen-bond acceptors (Lipinski definition) is 7. The zero-order valence-corrected chi connectivity index (χ0v) is 19.7. The van der Waals surface area contributed by atoms with Crippen LogP contribution in [0.2, 0.25) is 0 Å². The van der Waals surface area contributed by atoms with Crippen LogP contribution in [0.1, 0.15) is 36.2 Å². The van der Waals surface area contributed by atoms with Crippen molar-refractivity contribution < 1.29 is 9.59 Å². The van der Waals surface area contributed by atoms with Crippen LogP contribution in [0.25, 0.3) is 22.3 Å². The molecule has 0 saturated carbocycles. The number of aromatic nitrogens is 5. The molecule has 5 rings (SSSR count). The molecule has 0 bridgehead atoms. The summed E-state index contributed by atoms with van der Waals surface area (Å²) < 4.78 is 1.84. The monoisotopic (exact) mass is 480 g/mol. The van der Waals surface area contributed by atoms with Crippen LogP contribution < -0.4 is 11.1 Å². The van der Waals surface area contributed by atoms with Gasteiger partial charge in [0, 0.05) is 30.4 Å². The minimum Gasteiger partial charge on any atom is -0.383 e. The molecule has 1 aromatic carbocycles. The quantitative estimate of drug-likeness (QED) is 0.429. The third-order valence-corrected chi connectivity index (χ3v) is 6.11. The summed E-state index contributed by atoms with van der Waals surface area (Å²) in [4.78, 5) is 39.5. The average Bonchev–Trinajstić information content (AvgIpc) is 3.31. The van der Waals surface area contributed by atoms with E-state index in [1.807, 2.05) is 16.8 Å². The zero-order valence-electron chi connectivity index (χ0n) is 19.7. The number of benzene rings is 1. The first-order chi connectivity index (χ1) is 17.5. The predicted octanol–water partition coefficient (Wildman–Crippen LogP) is 2.91. The summed E-state index contributed by atoms with van der Waals surface area (Å²) in [5.74, 6) is 5.64. The van der Waals surface area contributed by atoms with Crippen molar-refractivity contribution in [2.45, 2.75) is 25.8 Å². The van der Waals surface area contributed by atoms with Crippen molar-refractivity contribution in [1.29, 1.82) is 0 Å². The number of hydrogen-bond donors (Lipinski definition) is 2. The van der Waals surface area contributed by atoms with E-state index >= 15 is 0 Å². The second-order valence-electron chi connectivity index (χ2n) is 8.42. The molecule has 3 N–H and O–H groups in total. The number of nitrogens with one attached hydrogen (secondary N) is 1. The molecule has 4 heterocycles. The van der Waals surface area contributed by atoms with Crippen LogP contribution in [0.3, 0.4) is 0 Å². The van der Waals surface area contributed by atoms with Gasteiger partial charge >= 0.3 is 0 Å². The lowest BCUT2D eigenvalue weighted by molar-refractivity contribution is -0.126. The number of anilines is 2. The van der Waals surface area contributed by atoms with Gasteiger partial charge in [0.15, 0.2) is 5.65 Å². The summed E-state index contributed by atoms with van der Waals surface area (Å²) >= 11 is 0. The van der Waals surface area contributed by atoms with Gasteiger partial charge < -0.3 is 16.0 Å². The van der Waals surface area contributed by atoms with Crippen LogP contribution >= 0.6 is 0 Å². The molecule has 3 aromatic heterocycles. The summed E-state index contributed by atoms with van der Waals surface area (Å²) in [6.45, 7) is 2.80. The smallest absolute Gasteiger partial charge is 0.298 e. The van der Waals surface area contributed by atoms with Crippen LogP contribution in [0, 0.1) is 11.8 Å². The zero-order chi connectivity index (χ0) is 25.1. The van der Waals surface area contributed by atoms with Gasteiger partial charge in [-0.05, 0) is 50.0 Å². The highest BCUT2D eigenvalue weighted by molar-refractivity contribution is 6.04. The Morgan fingerprint density at radius 3 is 2.69 bits per heavy atom. The molecule has 1 aliphatic heterocycles. The SMILES string of the molecule is CC#CC(=O)N1CCCC(n2nc(-c3ccc(C(=O)Nc4ccccn4)cc3)c3c(N)ncnc32)C1. The normalized spacial score (nSPS) is 15.2. The third kappa shape index (κ3) is 4.46. The van der Waals surface area contributed by atoms with E-state index < -0.39 is 0 Å². The Bertz CT molecular complexity index is 1490. The molecule has 4 aromatic rings. The molecular weight excluding hydrogens is 456 g/mol. The summed E-state index contributed by atoms with van der Waals surface area (Å²) in [7, 11) is 0. The van der Waals surface area contributed by atoms with Gasteiger partial charge in [0.1, 0.15) is 23.7 Å². The predicted molar refractivity (Wildman–Crippen MR) is 136 cm³/mol. The Morgan fingerprint density at radius 2 is 1.94 bits per heavy atom. The summed E-state index contributed by atoms with van der Waals surface area (Å²) in [5, 5.41) is 8.29. The standard InChI is InChI=1S/C26H24N8O2/c1-2-6-21(35)33-14-5-7-19(15-33)34-25-22(24(27)29-16-30-25)23(32-34)17-9-11-18(12-10-17)26(36)31-20-8-3-4-13-28-20/h3-4,8-13,16,19H,5,7,14-15H2,1H3,(H2,27,29,30)(H,28,31,36). The van der Waals surface area contributed by atoms with Crippen LogP contribution in [-0.4, -0.2) is 54.5 Å². The number of carbonyl (C=O) groups is 2. The van der Waals surface area contributed by atoms with E-state index in [4.69, 9.17) is 10.8 Å². The van der Waals surface area contributed by atoms with Crippen molar-refractivity contribution in [3.63, 3.8) is 0 Å². The van der Waals surface area contributed by atoms with E-state index in [1.165, 1.54) is 6.33 Å². The molecule has 1 saturated heterocycles. The average molecular weight is 481 g/mol. The molecule has 0 aliphatic carbocycles. The van der Waals surface area contributed by atoms with Gasteiger partial charge in [0.2, 0.25) is 0 Å². The van der Waals surface area contributed by atoms with E-state index in [0.29, 0.717) is 47.0 Å². The Kier molecular flexibility index (Phi) is 6.28. The van der Waals surface area contributed by atoms with Gasteiger partial charge in [-0.25, -0.2) is 19.6 Å². The Morgan fingerprint density at radius 1 is 1.11 bits per heavy atom. The number of pyridine rings is 1. The highest BCUT2D eigenvalue weighted by atomic mass is 16.2. The van der Waals surface area contributed by atoms with Gasteiger partial charge in [-0.3, -0.25) is 9.59 Å². The maximum atomic E-state index is 12.6. The van der Waals surface area contributed by atoms with Crippen molar-refractivity contribution in [3.8, 4) is 23.1 Å². The van der Waals surface area contributed by atoms with Crippen LogP contribution in [0.4, 0.5) is 11.6 Å². The van der Waals surface area contributed by atoms with E-state index in [0.717, 1.165) is 18.4 Å². The van der Waals surface area contributed by atoms with Crippen LogP contribution in [-0.2, 0) is 4.79 Å². The number of nitrogen functional groups attached to an aromatic ring is 1. The van der Waals surface area contributed by atoms with Crippen molar-refractivity contribution in [3.05, 3.63) is 60.6 Å². The lowest BCUT2D eigenvalue weighted by Crippen LogP contribution is -2.40. The van der Waals surface area contributed by atoms with Gasteiger partial charge in [0.05, 0.1) is 11.4 Å². The minimum atomic E-state index is -0.263. The van der Waals surface area contributed by atoms with Crippen molar-refractivity contribution in [2.24, 2.45) is 0 Å². The number of likely N-dealkylation sites (tertiary alicyclic amines) is 1. The number of amides is 2. The highest BCUT2D eigenvalue weighted by Gasteiger charge is 2.28. The van der Waals surface area contributed by atoms with Crippen molar-refractivity contribution in [2.75, 3.05) is 24.1 Å². The minimum absolute atomic E-state index is 0.0738. The molecule has 10 nitrogen and oxygen atoms in total. The molecular formula is C26H24N8O2. The molecule has 1 atom stereocenters. The molecule has 10 heteroatoms. The number of rotatable bonds is 4. The maximum absolute atomic E-state index is 12.6. The van der Waals surface area contributed by atoms with Crippen molar-refractivity contribution in [1.82, 2.24) is 29.6 Å². The second kappa shape index (κ2) is 9.84. The lowest BCUT2D eigenvalue weighted by atomic mass is 10.1. The van der Waals surface area contributed by atoms with Gasteiger partial charge in [-0.2, -0.15) is 5.10 Å². The van der Waals surface area contributed by atoms with Gasteiger partial charge in [-0.15, -0.1) is 0 Å². The molecule has 0 radical (unpaired) electrons. The molecule has 2 amide bonds. The van der Waals surface area contributed by atoms with E-state index in [9.17, 15) is 9.59 Å². The number of nitrogens with zero attached hydrogens (tertiary/aromatic N) is 6. The summed E-state index contributed by atoms with van der Waals surface area (Å²) in [5.41, 5.74) is 8.74. The molecule has 1 aliphatic rings. The Hall–Kier alpha value is -4.78. The fourth-order valence-electron chi connectivity index (χ4n) is 4.38. The molecule has 180 valence electrons. The Labute approximate surface area is 207 Å². The number of piperidine rings is 1. The first-order valence-corrected chi connectivity index (χ1v) is 11.6. The first-order valence-electron chi connectivity index (χ1n) is 11.6. The largest absolute Gasteiger partial charge is 0.383 e. The highest BCUT2D eigenvalue weighted by Crippen LogP contribution is 2.33. The number of nitrogens with two attached hydrogens (primary N) is 1. The molecule has 36 heavy (non-hydrogen) atoms. The third-order valence-electron chi connectivity index (χ3n) is 6.11. The molecule has 1 unspecified atom stereocenters. The van der Waals surface area contributed by atoms with Crippen molar-refractivity contribution >= 4 is 34.5 Å². The second-order valence-corrected chi connectivity index (χ2v) is 8.42. The van der Waals surface area contributed by atoms with E-state index in [-0.39, 0.29) is 17.9 Å². The topological polar surface area (TPSA) is 132 Å². The Balaban J connectivity index is 1.46. The number of fused-ring (bicyclic) bond motifs is 1. The van der Waals surface area contributed by atoms with Crippen LogP contribution in [0.5, 0.6) is 0 Å². The summed E-state index contributed by atoms with van der Waals surface area (Å²) in [6, 6.07) is 12.3. The first kappa shape index (κ1) is 23.0. The van der Waals surface area contributed by atoms with Crippen LogP contribution in [0.15, 0.2) is 55.0 Å². The number of carbonyl (C=O) groups excluding carboxylic acids is 2. The molecule has 0 spiro atoms.